The average Bonchev–Trinajstić information content (AvgIpc) is 3.17. The van der Waals surface area contributed by atoms with Gasteiger partial charge in [0.25, 0.3) is 0 Å². The van der Waals surface area contributed by atoms with Gasteiger partial charge in [-0.1, -0.05) is 46.8 Å². The Morgan fingerprint density at radius 2 is 1.69 bits per heavy atom. The molecule has 2 nitrogen and oxygen atoms in total. The first kappa shape index (κ1) is 17.3. The van der Waals surface area contributed by atoms with Crippen molar-refractivity contribution >= 4 is 32.5 Å². The molecular weight excluding hydrogens is 336 g/mol. The van der Waals surface area contributed by atoms with Crippen LogP contribution in [-0.2, 0) is 17.3 Å². The van der Waals surface area contributed by atoms with Gasteiger partial charge in [0.2, 0.25) is 0 Å². The van der Waals surface area contributed by atoms with E-state index in [2.05, 4.69) is 87.1 Å². The molecule has 0 fully saturated rings. The van der Waals surface area contributed by atoms with Crippen molar-refractivity contribution < 1.29 is 0 Å². The fourth-order valence-electron chi connectivity index (χ4n) is 3.61. The van der Waals surface area contributed by atoms with Gasteiger partial charge in [0, 0.05) is 11.2 Å². The van der Waals surface area contributed by atoms with Gasteiger partial charge in [-0.05, 0) is 64.1 Å². The molecular formula is C23H26N2S. The maximum absolute atomic E-state index is 4.48. The number of nitrogens with zero attached hydrogens (tertiary/aromatic N) is 1. The van der Waals surface area contributed by atoms with Crippen molar-refractivity contribution in [2.75, 3.05) is 0 Å². The number of thiazole rings is 1. The number of aromatic nitrogens is 2. The molecule has 26 heavy (non-hydrogen) atoms. The molecule has 0 unspecified atom stereocenters. The van der Waals surface area contributed by atoms with Gasteiger partial charge in [0.15, 0.2) is 0 Å². The van der Waals surface area contributed by atoms with Crippen LogP contribution in [0.2, 0.25) is 0 Å². The quantitative estimate of drug-likeness (QED) is 0.437. The van der Waals surface area contributed by atoms with Crippen LogP contribution in [0.3, 0.4) is 0 Å². The average molecular weight is 363 g/mol. The monoisotopic (exact) mass is 362 g/mol. The number of H-pyrrole nitrogens is 1. The number of hydrogen-bond donors (Lipinski definition) is 1. The Morgan fingerprint density at radius 1 is 0.923 bits per heavy atom. The Kier molecular flexibility index (Phi) is 3.96. The van der Waals surface area contributed by atoms with Crippen LogP contribution < -0.4 is 0 Å². The molecule has 0 saturated heterocycles. The summed E-state index contributed by atoms with van der Waals surface area (Å²) in [4.78, 5) is 8.10. The van der Waals surface area contributed by atoms with Crippen LogP contribution in [0.1, 0.15) is 51.4 Å². The number of fused-ring (bicyclic) bond motifs is 2. The van der Waals surface area contributed by atoms with E-state index in [4.69, 9.17) is 0 Å². The summed E-state index contributed by atoms with van der Waals surface area (Å²) in [5, 5.41) is 1.30. The Labute approximate surface area is 159 Å². The lowest BCUT2D eigenvalue weighted by Crippen LogP contribution is -2.20. The van der Waals surface area contributed by atoms with Gasteiger partial charge >= 0.3 is 0 Å². The summed E-state index contributed by atoms with van der Waals surface area (Å²) in [7, 11) is 0. The van der Waals surface area contributed by atoms with Crippen LogP contribution in [0.25, 0.3) is 21.1 Å². The second-order valence-electron chi connectivity index (χ2n) is 8.94. The fraction of sp³-hybridized carbons (Fsp3) is 0.348. The molecule has 134 valence electrons. The summed E-state index contributed by atoms with van der Waals surface area (Å²) < 4.78 is 1.25. The molecule has 2 heterocycles. The van der Waals surface area contributed by atoms with E-state index in [-0.39, 0.29) is 10.8 Å². The van der Waals surface area contributed by atoms with Gasteiger partial charge in [-0.2, -0.15) is 0 Å². The fourth-order valence-corrected chi connectivity index (χ4v) is 4.27. The molecule has 0 aliphatic rings. The molecule has 0 saturated carbocycles. The highest BCUT2D eigenvalue weighted by molar-refractivity contribution is 7.16. The largest absolute Gasteiger partial charge is 0.358 e. The molecule has 2 aromatic heterocycles. The highest BCUT2D eigenvalue weighted by Crippen LogP contribution is 2.32. The molecule has 0 atom stereocenters. The Balaban J connectivity index is 1.66. The van der Waals surface area contributed by atoms with E-state index in [1.54, 1.807) is 11.3 Å². The van der Waals surface area contributed by atoms with E-state index < -0.39 is 0 Å². The lowest BCUT2D eigenvalue weighted by atomic mass is 9.80. The van der Waals surface area contributed by atoms with Gasteiger partial charge in [0.1, 0.15) is 0 Å². The topological polar surface area (TPSA) is 28.7 Å². The minimum absolute atomic E-state index is 0.0472. The summed E-state index contributed by atoms with van der Waals surface area (Å²) >= 11 is 1.70. The number of hydrogen-bond acceptors (Lipinski definition) is 2. The van der Waals surface area contributed by atoms with E-state index in [9.17, 15) is 0 Å². The number of rotatable bonds is 3. The molecule has 0 aliphatic heterocycles. The Bertz CT molecular complexity index is 1080. The molecule has 1 N–H and O–H groups in total. The summed E-state index contributed by atoms with van der Waals surface area (Å²) in [6.45, 7) is 11.4. The van der Waals surface area contributed by atoms with E-state index in [1.165, 1.54) is 32.4 Å². The Hall–Kier alpha value is -2.13. The first-order valence-corrected chi connectivity index (χ1v) is 10.1. The maximum atomic E-state index is 4.48. The first-order valence-electron chi connectivity index (χ1n) is 9.18. The maximum Gasteiger partial charge on any atom is 0.0814 e. The zero-order valence-corrected chi connectivity index (χ0v) is 17.0. The molecule has 4 aromatic rings. The first-order chi connectivity index (χ1) is 12.2. The van der Waals surface area contributed by atoms with E-state index in [0.29, 0.717) is 0 Å². The molecule has 0 spiro atoms. The van der Waals surface area contributed by atoms with Gasteiger partial charge in [-0.25, -0.2) is 4.98 Å². The van der Waals surface area contributed by atoms with Crippen LogP contribution in [0, 0.1) is 0 Å². The molecule has 2 aromatic carbocycles. The molecule has 4 rings (SSSR count). The third-order valence-corrected chi connectivity index (χ3v) is 6.10. The van der Waals surface area contributed by atoms with Crippen LogP contribution >= 0.6 is 11.3 Å². The zero-order valence-electron chi connectivity index (χ0n) is 16.2. The second-order valence-corrected chi connectivity index (χ2v) is 9.83. The summed E-state index contributed by atoms with van der Waals surface area (Å²) in [6.07, 6.45) is 0.974. The molecule has 3 heteroatoms. The minimum Gasteiger partial charge on any atom is -0.358 e. The molecule has 0 bridgehead atoms. The highest BCUT2D eigenvalue weighted by atomic mass is 32.1. The van der Waals surface area contributed by atoms with Gasteiger partial charge in [-0.15, -0.1) is 11.3 Å². The lowest BCUT2D eigenvalue weighted by Gasteiger charge is -2.24. The predicted octanol–water partition coefficient (Wildman–Crippen LogP) is 6.60. The molecule has 0 amide bonds. The van der Waals surface area contributed by atoms with Gasteiger partial charge in [0.05, 0.1) is 15.7 Å². The van der Waals surface area contributed by atoms with Crippen LogP contribution in [0.5, 0.6) is 0 Å². The van der Waals surface area contributed by atoms with Crippen molar-refractivity contribution in [3.63, 3.8) is 0 Å². The van der Waals surface area contributed by atoms with E-state index in [0.717, 1.165) is 11.9 Å². The van der Waals surface area contributed by atoms with Gasteiger partial charge < -0.3 is 4.98 Å². The van der Waals surface area contributed by atoms with Crippen LogP contribution in [0.15, 0.2) is 48.0 Å². The smallest absolute Gasteiger partial charge is 0.0814 e. The molecule has 0 radical (unpaired) electrons. The SMILES string of the molecule is CC(C)(C)c1ccc2[nH]c(CC(C)(C)c3ccc4scnc4c3)cc2c1. The number of benzene rings is 2. The zero-order chi connectivity index (χ0) is 18.5. The van der Waals surface area contributed by atoms with Crippen LogP contribution in [0.4, 0.5) is 0 Å². The second kappa shape index (κ2) is 5.95. The van der Waals surface area contributed by atoms with Crippen molar-refractivity contribution in [1.29, 1.82) is 0 Å². The van der Waals surface area contributed by atoms with Crippen molar-refractivity contribution in [3.8, 4) is 0 Å². The molecule has 0 aliphatic carbocycles. The highest BCUT2D eigenvalue weighted by Gasteiger charge is 2.23. The predicted molar refractivity (Wildman–Crippen MR) is 113 cm³/mol. The summed E-state index contributed by atoms with van der Waals surface area (Å²) in [5.41, 5.74) is 8.47. The number of aromatic amines is 1. The van der Waals surface area contributed by atoms with Crippen LogP contribution in [-0.4, -0.2) is 9.97 Å². The van der Waals surface area contributed by atoms with Crippen molar-refractivity contribution in [2.24, 2.45) is 0 Å². The van der Waals surface area contributed by atoms with Crippen molar-refractivity contribution in [1.82, 2.24) is 9.97 Å². The van der Waals surface area contributed by atoms with E-state index >= 15 is 0 Å². The standard InChI is InChI=1S/C23H26N2S/c1-22(2,3)16-6-8-19-15(10-16)11-18(25-19)13-23(4,5)17-7-9-21-20(12-17)24-14-26-21/h6-12,14,25H,13H2,1-5H3. The summed E-state index contributed by atoms with van der Waals surface area (Å²) in [5.74, 6) is 0. The van der Waals surface area contributed by atoms with Crippen molar-refractivity contribution in [3.05, 3.63) is 64.8 Å². The third kappa shape index (κ3) is 3.16. The van der Waals surface area contributed by atoms with Gasteiger partial charge in [-0.3, -0.25) is 0 Å². The van der Waals surface area contributed by atoms with Crippen molar-refractivity contribution in [2.45, 2.75) is 51.9 Å². The Morgan fingerprint density at radius 3 is 2.46 bits per heavy atom. The normalized spacial score (nSPS) is 13.0. The minimum atomic E-state index is 0.0472. The van der Waals surface area contributed by atoms with E-state index in [1.807, 2.05) is 5.51 Å². The lowest BCUT2D eigenvalue weighted by molar-refractivity contribution is 0.517. The number of nitrogens with one attached hydrogen (secondary N) is 1. The third-order valence-electron chi connectivity index (χ3n) is 5.29. The summed E-state index contributed by atoms with van der Waals surface area (Å²) in [6, 6.07) is 15.8.